The minimum Gasteiger partial charge on any atom is -0.295 e. The summed E-state index contributed by atoms with van der Waals surface area (Å²) in [7, 11) is 0. The smallest absolute Gasteiger partial charge is 0.252 e. The first kappa shape index (κ1) is 9.71. The summed E-state index contributed by atoms with van der Waals surface area (Å²) < 4.78 is 3.44. The lowest BCUT2D eigenvalue weighted by Crippen LogP contribution is -2.22. The first-order valence-electron chi connectivity index (χ1n) is 4.83. The normalized spacial score (nSPS) is 10.5. The van der Waals surface area contributed by atoms with Gasteiger partial charge in [-0.15, -0.1) is 0 Å². The Bertz CT molecular complexity index is 525. The Kier molecular flexibility index (Phi) is 2.41. The van der Waals surface area contributed by atoms with Crippen LogP contribution >= 0.6 is 0 Å². The van der Waals surface area contributed by atoms with Crippen LogP contribution in [0.15, 0.2) is 35.3 Å². The summed E-state index contributed by atoms with van der Waals surface area (Å²) >= 11 is 0. The average molecular weight is 203 g/mol. The Balaban J connectivity index is 2.34. The maximum atomic E-state index is 11.5. The molecule has 0 aliphatic carbocycles. The highest BCUT2D eigenvalue weighted by molar-refractivity contribution is 5.06. The molecule has 2 aromatic rings. The van der Waals surface area contributed by atoms with Gasteiger partial charge in [0.1, 0.15) is 6.67 Å². The van der Waals surface area contributed by atoms with Gasteiger partial charge in [-0.2, -0.15) is 5.10 Å². The molecule has 0 aliphatic heterocycles. The summed E-state index contributed by atoms with van der Waals surface area (Å²) in [4.78, 5) is 11.5. The molecule has 0 unspecified atom stereocenters. The van der Waals surface area contributed by atoms with Crippen molar-refractivity contribution < 1.29 is 0 Å². The topological polar surface area (TPSA) is 39.8 Å². The van der Waals surface area contributed by atoms with E-state index in [1.807, 2.05) is 30.7 Å². The van der Waals surface area contributed by atoms with E-state index in [2.05, 4.69) is 5.10 Å². The Hall–Kier alpha value is -1.84. The molecular weight excluding hydrogens is 190 g/mol. The summed E-state index contributed by atoms with van der Waals surface area (Å²) in [5, 5.41) is 4.30. The van der Waals surface area contributed by atoms with Crippen LogP contribution in [-0.4, -0.2) is 14.3 Å². The van der Waals surface area contributed by atoms with Crippen LogP contribution in [0.25, 0.3) is 0 Å². The molecule has 0 aromatic carbocycles. The van der Waals surface area contributed by atoms with E-state index in [0.29, 0.717) is 6.67 Å². The Labute approximate surface area is 87.8 Å². The number of nitrogens with zero attached hydrogens (tertiary/aromatic N) is 3. The van der Waals surface area contributed by atoms with E-state index in [1.165, 1.54) is 0 Å². The zero-order valence-corrected chi connectivity index (χ0v) is 8.84. The van der Waals surface area contributed by atoms with Gasteiger partial charge in [-0.1, -0.05) is 6.07 Å². The van der Waals surface area contributed by atoms with E-state index in [4.69, 9.17) is 0 Å². The second kappa shape index (κ2) is 3.73. The summed E-state index contributed by atoms with van der Waals surface area (Å²) in [6.45, 7) is 4.39. The molecule has 0 saturated carbocycles. The van der Waals surface area contributed by atoms with Gasteiger partial charge in [0.05, 0.1) is 5.69 Å². The Morgan fingerprint density at radius 1 is 1.33 bits per heavy atom. The van der Waals surface area contributed by atoms with Crippen molar-refractivity contribution in [2.24, 2.45) is 0 Å². The molecular formula is C11H13N3O. The maximum Gasteiger partial charge on any atom is 0.252 e. The van der Waals surface area contributed by atoms with Gasteiger partial charge >= 0.3 is 0 Å². The molecule has 2 heterocycles. The number of rotatable bonds is 2. The minimum absolute atomic E-state index is 0.00921. The summed E-state index contributed by atoms with van der Waals surface area (Å²) in [5.41, 5.74) is 2.02. The van der Waals surface area contributed by atoms with Gasteiger partial charge in [-0.3, -0.25) is 9.36 Å². The van der Waals surface area contributed by atoms with Crippen molar-refractivity contribution in [1.82, 2.24) is 14.3 Å². The predicted octanol–water partition coefficient (Wildman–Crippen LogP) is 1.17. The number of aromatic nitrogens is 3. The fourth-order valence-electron chi connectivity index (χ4n) is 1.54. The number of pyridine rings is 1. The molecule has 0 aliphatic rings. The second-order valence-electron chi connectivity index (χ2n) is 3.58. The molecule has 0 atom stereocenters. The Morgan fingerprint density at radius 3 is 2.73 bits per heavy atom. The first-order valence-corrected chi connectivity index (χ1v) is 4.83. The number of hydrogen-bond donors (Lipinski definition) is 0. The molecule has 0 fully saturated rings. The van der Waals surface area contributed by atoms with E-state index >= 15 is 0 Å². The van der Waals surface area contributed by atoms with E-state index < -0.39 is 0 Å². The van der Waals surface area contributed by atoms with E-state index in [-0.39, 0.29) is 5.56 Å². The van der Waals surface area contributed by atoms with Crippen LogP contribution in [0.5, 0.6) is 0 Å². The van der Waals surface area contributed by atoms with Crippen molar-refractivity contribution in [3.63, 3.8) is 0 Å². The number of aryl methyl sites for hydroxylation is 2. The lowest BCUT2D eigenvalue weighted by atomic mass is 10.4. The summed E-state index contributed by atoms with van der Waals surface area (Å²) in [6, 6.07) is 7.12. The predicted molar refractivity (Wildman–Crippen MR) is 57.8 cm³/mol. The Morgan fingerprint density at radius 2 is 2.13 bits per heavy atom. The fourth-order valence-corrected chi connectivity index (χ4v) is 1.54. The standard InChI is InChI=1S/C11H13N3O/c1-9-7-10(2)14(12-9)8-13-6-4-3-5-11(13)15/h3-7H,8H2,1-2H3. The van der Waals surface area contributed by atoms with Crippen molar-refractivity contribution >= 4 is 0 Å². The molecule has 0 spiro atoms. The van der Waals surface area contributed by atoms with Crippen LogP contribution in [-0.2, 0) is 6.67 Å². The van der Waals surface area contributed by atoms with Crippen molar-refractivity contribution in [3.8, 4) is 0 Å². The quantitative estimate of drug-likeness (QED) is 0.735. The molecule has 0 amide bonds. The highest BCUT2D eigenvalue weighted by atomic mass is 16.1. The minimum atomic E-state index is -0.00921. The van der Waals surface area contributed by atoms with Gasteiger partial charge in [0.15, 0.2) is 0 Å². The van der Waals surface area contributed by atoms with E-state index in [9.17, 15) is 4.79 Å². The largest absolute Gasteiger partial charge is 0.295 e. The highest BCUT2D eigenvalue weighted by Crippen LogP contribution is 2.01. The summed E-state index contributed by atoms with van der Waals surface area (Å²) in [6.07, 6.45) is 1.76. The lowest BCUT2D eigenvalue weighted by Gasteiger charge is -2.06. The molecule has 0 saturated heterocycles. The third-order valence-electron chi connectivity index (χ3n) is 2.29. The zero-order valence-electron chi connectivity index (χ0n) is 8.84. The first-order chi connectivity index (χ1) is 7.16. The second-order valence-corrected chi connectivity index (χ2v) is 3.58. The number of hydrogen-bond acceptors (Lipinski definition) is 2. The van der Waals surface area contributed by atoms with Crippen LogP contribution in [0.2, 0.25) is 0 Å². The van der Waals surface area contributed by atoms with Crippen molar-refractivity contribution in [1.29, 1.82) is 0 Å². The molecule has 78 valence electrons. The third kappa shape index (κ3) is 1.98. The molecule has 2 rings (SSSR count). The van der Waals surface area contributed by atoms with Gasteiger partial charge in [0.2, 0.25) is 0 Å². The average Bonchev–Trinajstić information content (AvgIpc) is 2.49. The van der Waals surface area contributed by atoms with Crippen LogP contribution in [0.1, 0.15) is 11.4 Å². The molecule has 4 heteroatoms. The molecule has 2 aromatic heterocycles. The van der Waals surface area contributed by atoms with Gasteiger partial charge in [0.25, 0.3) is 5.56 Å². The molecule has 15 heavy (non-hydrogen) atoms. The van der Waals surface area contributed by atoms with Gasteiger partial charge in [0, 0.05) is 18.0 Å². The van der Waals surface area contributed by atoms with Crippen molar-refractivity contribution in [3.05, 3.63) is 52.2 Å². The van der Waals surface area contributed by atoms with Gasteiger partial charge in [-0.05, 0) is 26.0 Å². The van der Waals surface area contributed by atoms with E-state index in [1.54, 1.807) is 22.9 Å². The molecule has 0 N–H and O–H groups in total. The monoisotopic (exact) mass is 203 g/mol. The molecule has 0 radical (unpaired) electrons. The van der Waals surface area contributed by atoms with Gasteiger partial charge < -0.3 is 0 Å². The highest BCUT2D eigenvalue weighted by Gasteiger charge is 2.01. The van der Waals surface area contributed by atoms with Crippen LogP contribution < -0.4 is 5.56 Å². The maximum absolute atomic E-state index is 11.5. The van der Waals surface area contributed by atoms with Crippen LogP contribution in [0.3, 0.4) is 0 Å². The van der Waals surface area contributed by atoms with Crippen molar-refractivity contribution in [2.45, 2.75) is 20.5 Å². The fraction of sp³-hybridized carbons (Fsp3) is 0.273. The lowest BCUT2D eigenvalue weighted by molar-refractivity contribution is 0.520. The molecule has 0 bridgehead atoms. The third-order valence-corrected chi connectivity index (χ3v) is 2.29. The van der Waals surface area contributed by atoms with Crippen LogP contribution in [0.4, 0.5) is 0 Å². The van der Waals surface area contributed by atoms with Gasteiger partial charge in [-0.25, -0.2) is 4.68 Å². The summed E-state index contributed by atoms with van der Waals surface area (Å²) in [5.74, 6) is 0. The SMILES string of the molecule is Cc1cc(C)n(Cn2ccccc2=O)n1. The van der Waals surface area contributed by atoms with Crippen LogP contribution in [0, 0.1) is 13.8 Å². The molecule has 4 nitrogen and oxygen atoms in total. The van der Waals surface area contributed by atoms with Crippen molar-refractivity contribution in [2.75, 3.05) is 0 Å². The zero-order chi connectivity index (χ0) is 10.8. The van der Waals surface area contributed by atoms with E-state index in [0.717, 1.165) is 11.4 Å².